The molecule has 9 rings (SSSR count). The van der Waals surface area contributed by atoms with Gasteiger partial charge in [0, 0.05) is 23.7 Å². The molecule has 5 heteroatoms. The van der Waals surface area contributed by atoms with Gasteiger partial charge in [-0.2, -0.15) is 0 Å². The molecule has 190 valence electrons. The number of pyridine rings is 1. The highest BCUT2D eigenvalue weighted by Gasteiger charge is 2.56. The van der Waals surface area contributed by atoms with Crippen LogP contribution in [-0.2, 0) is 9.53 Å². The van der Waals surface area contributed by atoms with Crippen LogP contribution in [0.3, 0.4) is 0 Å². The maximum Gasteiger partial charge on any atom is 0.312 e. The number of aromatic nitrogens is 1. The van der Waals surface area contributed by atoms with Crippen LogP contribution in [0.25, 0.3) is 10.9 Å². The van der Waals surface area contributed by atoms with Crippen molar-refractivity contribution in [3.63, 3.8) is 0 Å². The minimum absolute atomic E-state index is 0.0716. The molecule has 4 aliphatic carbocycles. The summed E-state index contributed by atoms with van der Waals surface area (Å²) in [6, 6.07) is 8.29. The fraction of sp³-hybridized carbons (Fsp3) is 0.613. The van der Waals surface area contributed by atoms with Gasteiger partial charge in [-0.05, 0) is 112 Å². The Morgan fingerprint density at radius 3 is 2.53 bits per heavy atom. The fourth-order valence-corrected chi connectivity index (χ4v) is 9.16. The van der Waals surface area contributed by atoms with Gasteiger partial charge in [0.1, 0.15) is 11.9 Å². The Bertz CT molecular complexity index is 1160. The molecule has 2 aromatic rings. The molecule has 6 bridgehead atoms. The molecule has 1 aromatic carbocycles. The summed E-state index contributed by atoms with van der Waals surface area (Å²) in [6.07, 6.45) is 13.0. The second kappa shape index (κ2) is 8.58. The third kappa shape index (κ3) is 3.60. The summed E-state index contributed by atoms with van der Waals surface area (Å²) in [6.45, 7) is 6.19. The molecule has 5 nitrogen and oxygen atoms in total. The van der Waals surface area contributed by atoms with Crippen LogP contribution in [0.15, 0.2) is 43.1 Å². The summed E-state index contributed by atoms with van der Waals surface area (Å²) in [5, 5.41) is 1.03. The van der Waals surface area contributed by atoms with Crippen LogP contribution in [0.2, 0.25) is 0 Å². The van der Waals surface area contributed by atoms with Crippen molar-refractivity contribution in [1.29, 1.82) is 0 Å². The van der Waals surface area contributed by atoms with E-state index in [1.54, 1.807) is 7.11 Å². The molecule has 3 aliphatic heterocycles. The number of piperidine rings is 3. The lowest BCUT2D eigenvalue weighted by Crippen LogP contribution is -2.56. The molecule has 0 radical (unpaired) electrons. The standard InChI is InChI=1S/C31H38N2O3/c1-3-22-18-33-9-7-23(22)13-28(33)29(25-6-8-32-27-5-4-24(35-2)14-26(25)27)36-30(34)31-15-19-10-20(16-31)12-21(11-19)17-31/h3-6,8,14,19-23,28-29H,1,7,9-13,15-18H2,2H3/t19?,20?,21?,22-,23+,28+,29-,31?/m1/s1. The number of esters is 1. The van der Waals surface area contributed by atoms with Crippen LogP contribution in [0, 0.1) is 35.0 Å². The van der Waals surface area contributed by atoms with Crippen molar-refractivity contribution in [3.05, 3.63) is 48.7 Å². The average molecular weight is 487 g/mol. The normalized spacial score (nSPS) is 39.2. The quantitative estimate of drug-likeness (QED) is 0.374. The number of carbonyl (C=O) groups excluding carboxylic acids is 1. The van der Waals surface area contributed by atoms with Gasteiger partial charge < -0.3 is 9.47 Å². The van der Waals surface area contributed by atoms with Crippen molar-refractivity contribution in [2.45, 2.75) is 63.5 Å². The van der Waals surface area contributed by atoms with Gasteiger partial charge in [-0.1, -0.05) is 6.08 Å². The average Bonchev–Trinajstić information content (AvgIpc) is 2.90. The summed E-state index contributed by atoms with van der Waals surface area (Å²) >= 11 is 0. The Morgan fingerprint density at radius 2 is 1.89 bits per heavy atom. The Kier molecular flexibility index (Phi) is 5.43. The third-order valence-electron chi connectivity index (χ3n) is 10.5. The van der Waals surface area contributed by atoms with E-state index in [1.807, 2.05) is 18.3 Å². The number of ether oxygens (including phenoxy) is 2. The van der Waals surface area contributed by atoms with Gasteiger partial charge in [-0.15, -0.1) is 6.58 Å². The number of hydrogen-bond acceptors (Lipinski definition) is 5. The number of hydrogen-bond donors (Lipinski definition) is 0. The molecule has 0 amide bonds. The number of fused-ring (bicyclic) bond motifs is 4. The smallest absolute Gasteiger partial charge is 0.312 e. The van der Waals surface area contributed by atoms with E-state index in [2.05, 4.69) is 34.7 Å². The molecule has 0 spiro atoms. The van der Waals surface area contributed by atoms with Crippen molar-refractivity contribution < 1.29 is 14.3 Å². The van der Waals surface area contributed by atoms with E-state index >= 15 is 0 Å². The van der Waals surface area contributed by atoms with E-state index in [9.17, 15) is 4.79 Å². The molecule has 3 saturated heterocycles. The SMILES string of the molecule is C=C[C@@H]1CN2CC[C@H]1C[C@H]2[C@H](OC(=O)C12CC3CC(CC(C3)C1)C2)c1ccnc2ccc(OC)cc12. The zero-order valence-corrected chi connectivity index (χ0v) is 21.4. The summed E-state index contributed by atoms with van der Waals surface area (Å²) < 4.78 is 12.4. The zero-order chi connectivity index (χ0) is 24.4. The molecule has 7 fully saturated rings. The van der Waals surface area contributed by atoms with Crippen LogP contribution in [0.5, 0.6) is 5.75 Å². The van der Waals surface area contributed by atoms with Gasteiger partial charge in [0.05, 0.1) is 24.1 Å². The Morgan fingerprint density at radius 1 is 1.14 bits per heavy atom. The topological polar surface area (TPSA) is 51.7 Å². The van der Waals surface area contributed by atoms with Crippen LogP contribution < -0.4 is 4.74 Å². The highest BCUT2D eigenvalue weighted by molar-refractivity contribution is 5.85. The van der Waals surface area contributed by atoms with Crippen LogP contribution in [0.4, 0.5) is 0 Å². The minimum Gasteiger partial charge on any atom is -0.497 e. The van der Waals surface area contributed by atoms with Gasteiger partial charge in [-0.3, -0.25) is 14.7 Å². The Labute approximate surface area is 214 Å². The van der Waals surface area contributed by atoms with Gasteiger partial charge in [0.15, 0.2) is 0 Å². The molecule has 7 aliphatic rings. The molecule has 5 atom stereocenters. The first-order valence-corrected chi connectivity index (χ1v) is 14.1. The van der Waals surface area contributed by atoms with Crippen molar-refractivity contribution in [3.8, 4) is 5.75 Å². The Balaban J connectivity index is 1.27. The number of rotatable bonds is 6. The van der Waals surface area contributed by atoms with Crippen LogP contribution in [-0.4, -0.2) is 42.1 Å². The van der Waals surface area contributed by atoms with Gasteiger partial charge in [-0.25, -0.2) is 0 Å². The lowest BCUT2D eigenvalue weighted by atomic mass is 9.49. The number of benzene rings is 1. The second-order valence-corrected chi connectivity index (χ2v) is 12.6. The van der Waals surface area contributed by atoms with Gasteiger partial charge >= 0.3 is 5.97 Å². The van der Waals surface area contributed by atoms with E-state index in [-0.39, 0.29) is 23.5 Å². The van der Waals surface area contributed by atoms with Gasteiger partial charge in [0.25, 0.3) is 0 Å². The fourth-order valence-electron chi connectivity index (χ4n) is 9.16. The first kappa shape index (κ1) is 22.8. The van der Waals surface area contributed by atoms with Crippen molar-refractivity contribution in [2.75, 3.05) is 20.2 Å². The number of methoxy groups -OCH3 is 1. The van der Waals surface area contributed by atoms with E-state index < -0.39 is 0 Å². The summed E-state index contributed by atoms with van der Waals surface area (Å²) in [4.78, 5) is 21.4. The molecule has 36 heavy (non-hydrogen) atoms. The predicted molar refractivity (Wildman–Crippen MR) is 140 cm³/mol. The van der Waals surface area contributed by atoms with E-state index in [0.717, 1.165) is 78.7 Å². The number of carbonyl (C=O) groups is 1. The first-order chi connectivity index (χ1) is 17.5. The van der Waals surface area contributed by atoms with Crippen molar-refractivity contribution in [2.24, 2.45) is 35.0 Å². The zero-order valence-electron chi connectivity index (χ0n) is 21.4. The van der Waals surface area contributed by atoms with Crippen molar-refractivity contribution in [1.82, 2.24) is 9.88 Å². The monoisotopic (exact) mass is 486 g/mol. The Hall–Kier alpha value is -2.40. The lowest BCUT2D eigenvalue weighted by molar-refractivity contribution is -0.184. The summed E-state index contributed by atoms with van der Waals surface area (Å²) in [5.41, 5.74) is 1.73. The lowest BCUT2D eigenvalue weighted by Gasteiger charge is -2.56. The van der Waals surface area contributed by atoms with Crippen molar-refractivity contribution >= 4 is 16.9 Å². The van der Waals surface area contributed by atoms with E-state index in [4.69, 9.17) is 9.47 Å². The largest absolute Gasteiger partial charge is 0.497 e. The molecular formula is C31H38N2O3. The summed E-state index contributed by atoms with van der Waals surface area (Å²) in [7, 11) is 1.70. The minimum atomic E-state index is -0.295. The first-order valence-electron chi connectivity index (χ1n) is 14.1. The maximum atomic E-state index is 14.2. The second-order valence-electron chi connectivity index (χ2n) is 12.6. The predicted octanol–water partition coefficient (Wildman–Crippen LogP) is 5.94. The van der Waals surface area contributed by atoms with Crippen LogP contribution in [0.1, 0.15) is 63.0 Å². The molecular weight excluding hydrogens is 448 g/mol. The summed E-state index contributed by atoms with van der Waals surface area (Å²) in [5.74, 6) is 4.18. The van der Waals surface area contributed by atoms with E-state index in [0.29, 0.717) is 11.8 Å². The van der Waals surface area contributed by atoms with Crippen LogP contribution >= 0.6 is 0 Å². The molecule has 1 unspecified atom stereocenters. The third-order valence-corrected chi connectivity index (χ3v) is 10.5. The molecule has 4 heterocycles. The number of nitrogens with zero attached hydrogens (tertiary/aromatic N) is 2. The highest BCUT2D eigenvalue weighted by Crippen LogP contribution is 2.61. The highest BCUT2D eigenvalue weighted by atomic mass is 16.5. The molecule has 4 saturated carbocycles. The van der Waals surface area contributed by atoms with Gasteiger partial charge in [0.2, 0.25) is 0 Å². The maximum absolute atomic E-state index is 14.2. The molecule has 1 aromatic heterocycles. The van der Waals surface area contributed by atoms with E-state index in [1.165, 1.54) is 25.7 Å². The molecule has 0 N–H and O–H groups in total.